The van der Waals surface area contributed by atoms with Crippen molar-refractivity contribution in [2.24, 2.45) is 5.92 Å². The van der Waals surface area contributed by atoms with E-state index in [1.54, 1.807) is 0 Å². The third kappa shape index (κ3) is 6.65. The molecule has 3 aliphatic heterocycles. The van der Waals surface area contributed by atoms with Crippen LogP contribution in [0.15, 0.2) is 24.3 Å². The van der Waals surface area contributed by atoms with Crippen LogP contribution in [-0.2, 0) is 10.0 Å². The first-order chi connectivity index (χ1) is 19.8. The Labute approximate surface area is 245 Å². The Balaban J connectivity index is 0.979. The summed E-state index contributed by atoms with van der Waals surface area (Å²) in [6.07, 6.45) is 10.9. The molecule has 1 amide bonds. The quantitative estimate of drug-likeness (QED) is 0.439. The number of carbonyl (C=O) groups is 1. The molecule has 4 aliphatic rings. The number of carbonyl (C=O) groups excluding carboxylic acids is 1. The SMILES string of the molecule is CC(C)n1nc(C(=O)NC2C[C@H]3CC[C@@H](C2)N3CCN2CC[C@@H](NS(=O)(=O)CC3CCCCC3)C2)c2ccccc21. The molecular weight excluding hydrogens is 536 g/mol. The fourth-order valence-corrected chi connectivity index (χ4v) is 9.77. The highest BCUT2D eigenvalue weighted by Gasteiger charge is 2.41. The minimum atomic E-state index is -3.21. The van der Waals surface area contributed by atoms with E-state index in [2.05, 4.69) is 33.7 Å². The monoisotopic (exact) mass is 584 g/mol. The Morgan fingerprint density at radius 1 is 0.976 bits per heavy atom. The molecule has 41 heavy (non-hydrogen) atoms. The maximum Gasteiger partial charge on any atom is 0.272 e. The average Bonchev–Trinajstić information content (AvgIpc) is 3.61. The van der Waals surface area contributed by atoms with Gasteiger partial charge in [0.15, 0.2) is 5.69 Å². The van der Waals surface area contributed by atoms with Crippen molar-refractivity contribution in [2.75, 3.05) is 31.9 Å². The molecule has 9 nitrogen and oxygen atoms in total. The fraction of sp³-hybridized carbons (Fsp3) is 0.742. The van der Waals surface area contributed by atoms with E-state index in [-0.39, 0.29) is 24.0 Å². The van der Waals surface area contributed by atoms with Crippen molar-refractivity contribution in [3.8, 4) is 0 Å². The Morgan fingerprint density at radius 3 is 2.44 bits per heavy atom. The van der Waals surface area contributed by atoms with Gasteiger partial charge in [-0.1, -0.05) is 37.5 Å². The van der Waals surface area contributed by atoms with Crippen LogP contribution in [0, 0.1) is 5.92 Å². The molecule has 1 saturated carbocycles. The summed E-state index contributed by atoms with van der Waals surface area (Å²) in [6.45, 7) is 7.93. The molecule has 0 radical (unpaired) electrons. The zero-order valence-corrected chi connectivity index (χ0v) is 25.6. The summed E-state index contributed by atoms with van der Waals surface area (Å²) in [4.78, 5) is 18.4. The first-order valence-corrected chi connectivity index (χ1v) is 17.7. The van der Waals surface area contributed by atoms with Crippen LogP contribution in [0.5, 0.6) is 0 Å². The van der Waals surface area contributed by atoms with E-state index >= 15 is 0 Å². The highest BCUT2D eigenvalue weighted by molar-refractivity contribution is 7.89. The summed E-state index contributed by atoms with van der Waals surface area (Å²) in [5.74, 6) is 0.569. The molecule has 3 saturated heterocycles. The second-order valence-electron chi connectivity index (χ2n) is 13.4. The number of rotatable bonds is 10. The molecule has 2 bridgehead atoms. The topological polar surface area (TPSA) is 99.6 Å². The average molecular weight is 585 g/mol. The number of piperidine rings is 1. The van der Waals surface area contributed by atoms with E-state index in [0.29, 0.717) is 29.4 Å². The summed E-state index contributed by atoms with van der Waals surface area (Å²) < 4.78 is 30.5. The fourth-order valence-electron chi connectivity index (χ4n) is 8.02. The van der Waals surface area contributed by atoms with Crippen LogP contribution in [-0.4, -0.2) is 90.0 Å². The predicted molar refractivity (Wildman–Crippen MR) is 162 cm³/mol. The molecular formula is C31H48N6O3S. The zero-order valence-electron chi connectivity index (χ0n) is 24.8. The van der Waals surface area contributed by atoms with Crippen LogP contribution < -0.4 is 10.0 Å². The summed E-state index contributed by atoms with van der Waals surface area (Å²) in [5, 5.41) is 8.95. The molecule has 2 aromatic rings. The lowest BCUT2D eigenvalue weighted by Gasteiger charge is -2.39. The smallest absolute Gasteiger partial charge is 0.272 e. The van der Waals surface area contributed by atoms with Crippen molar-refractivity contribution < 1.29 is 13.2 Å². The van der Waals surface area contributed by atoms with Crippen molar-refractivity contribution in [1.29, 1.82) is 0 Å². The van der Waals surface area contributed by atoms with Gasteiger partial charge in [0.25, 0.3) is 5.91 Å². The predicted octanol–water partition coefficient (Wildman–Crippen LogP) is 3.92. The van der Waals surface area contributed by atoms with Crippen molar-refractivity contribution in [3.63, 3.8) is 0 Å². The minimum absolute atomic E-state index is 0.0384. The number of hydrogen-bond donors (Lipinski definition) is 2. The third-order valence-electron chi connectivity index (χ3n) is 10.0. The minimum Gasteiger partial charge on any atom is -0.348 e. The van der Waals surface area contributed by atoms with Crippen LogP contribution in [0.4, 0.5) is 0 Å². The van der Waals surface area contributed by atoms with Gasteiger partial charge in [-0.15, -0.1) is 0 Å². The number of nitrogens with zero attached hydrogens (tertiary/aromatic N) is 4. The summed E-state index contributed by atoms with van der Waals surface area (Å²) in [7, 11) is -3.21. The van der Waals surface area contributed by atoms with Gasteiger partial charge < -0.3 is 10.2 Å². The largest absolute Gasteiger partial charge is 0.348 e. The number of amides is 1. The number of benzene rings is 1. The lowest BCUT2D eigenvalue weighted by molar-refractivity contribution is 0.0817. The van der Waals surface area contributed by atoms with Crippen LogP contribution >= 0.6 is 0 Å². The number of fused-ring (bicyclic) bond motifs is 3. The molecule has 0 spiro atoms. The Kier molecular flexibility index (Phi) is 8.73. The Bertz CT molecular complexity index is 1310. The molecule has 1 unspecified atom stereocenters. The van der Waals surface area contributed by atoms with Crippen molar-refractivity contribution in [2.45, 2.75) is 108 Å². The number of likely N-dealkylation sites (tertiary alicyclic amines) is 1. The highest BCUT2D eigenvalue weighted by atomic mass is 32.2. The Hall–Kier alpha value is -2.01. The lowest BCUT2D eigenvalue weighted by atomic mass is 9.91. The van der Waals surface area contributed by atoms with Gasteiger partial charge in [-0.2, -0.15) is 5.10 Å². The van der Waals surface area contributed by atoms with Gasteiger partial charge in [0.2, 0.25) is 10.0 Å². The van der Waals surface area contributed by atoms with Crippen molar-refractivity contribution in [1.82, 2.24) is 29.6 Å². The van der Waals surface area contributed by atoms with Crippen molar-refractivity contribution in [3.05, 3.63) is 30.0 Å². The highest BCUT2D eigenvalue weighted by Crippen LogP contribution is 2.36. The molecule has 1 aliphatic carbocycles. The molecule has 4 fully saturated rings. The molecule has 1 aromatic carbocycles. The van der Waals surface area contributed by atoms with E-state index in [0.717, 1.165) is 69.2 Å². The van der Waals surface area contributed by atoms with Gasteiger partial charge in [0, 0.05) is 55.2 Å². The molecule has 2 N–H and O–H groups in total. The van der Waals surface area contributed by atoms with Crippen LogP contribution in [0.3, 0.4) is 0 Å². The molecule has 10 heteroatoms. The summed E-state index contributed by atoms with van der Waals surface area (Å²) in [6, 6.07) is 9.39. The number of para-hydroxylation sites is 1. The molecule has 226 valence electrons. The number of sulfonamides is 1. The van der Waals surface area contributed by atoms with Crippen molar-refractivity contribution >= 4 is 26.8 Å². The maximum atomic E-state index is 13.4. The van der Waals surface area contributed by atoms with Gasteiger partial charge in [0.1, 0.15) is 0 Å². The number of aromatic nitrogens is 2. The maximum absolute atomic E-state index is 13.4. The standard InChI is InChI=1S/C31H48N6O3S/c1-22(2)37-29-11-7-6-10-28(29)30(33-37)31(38)32-25-18-26-12-13-27(19-25)36(26)17-16-35-15-14-24(20-35)34-41(39,40)21-23-8-4-3-5-9-23/h6-7,10-11,22-27,34H,3-5,8-9,12-21H2,1-2H3,(H,32,38)/t24-,25?,26-,27+/m1/s1. The van der Waals surface area contributed by atoms with Gasteiger partial charge >= 0.3 is 0 Å². The molecule has 4 atom stereocenters. The van der Waals surface area contributed by atoms with E-state index in [1.807, 2.05) is 28.9 Å². The van der Waals surface area contributed by atoms with E-state index < -0.39 is 10.0 Å². The number of hydrogen-bond acceptors (Lipinski definition) is 6. The van der Waals surface area contributed by atoms with Gasteiger partial charge in [0.05, 0.1) is 11.3 Å². The second-order valence-corrected chi connectivity index (χ2v) is 15.2. The van der Waals surface area contributed by atoms with Crippen LogP contribution in [0.25, 0.3) is 10.9 Å². The van der Waals surface area contributed by atoms with E-state index in [1.165, 1.54) is 32.1 Å². The molecule has 6 rings (SSSR count). The summed E-state index contributed by atoms with van der Waals surface area (Å²) in [5.41, 5.74) is 1.53. The second kappa shape index (κ2) is 12.3. The third-order valence-corrected chi connectivity index (χ3v) is 11.6. The first-order valence-electron chi connectivity index (χ1n) is 16.0. The zero-order chi connectivity index (χ0) is 28.6. The molecule has 1 aromatic heterocycles. The van der Waals surface area contributed by atoms with Gasteiger partial charge in [-0.3, -0.25) is 14.4 Å². The Morgan fingerprint density at radius 2 is 1.71 bits per heavy atom. The van der Waals surface area contributed by atoms with Crippen LogP contribution in [0.2, 0.25) is 0 Å². The number of nitrogens with one attached hydrogen (secondary N) is 2. The normalized spacial score (nSPS) is 28.2. The van der Waals surface area contributed by atoms with E-state index in [9.17, 15) is 13.2 Å². The van der Waals surface area contributed by atoms with Gasteiger partial charge in [-0.05, 0) is 77.3 Å². The van der Waals surface area contributed by atoms with Gasteiger partial charge in [-0.25, -0.2) is 13.1 Å². The lowest BCUT2D eigenvalue weighted by Crippen LogP contribution is -2.52. The molecule has 4 heterocycles. The summed E-state index contributed by atoms with van der Waals surface area (Å²) >= 11 is 0. The van der Waals surface area contributed by atoms with Crippen LogP contribution in [0.1, 0.15) is 94.6 Å². The van der Waals surface area contributed by atoms with E-state index in [4.69, 9.17) is 5.10 Å². The first kappa shape index (κ1) is 29.1.